The van der Waals surface area contributed by atoms with E-state index in [2.05, 4.69) is 5.32 Å². The van der Waals surface area contributed by atoms with Crippen LogP contribution in [0.2, 0.25) is 0 Å². The number of carboxylic acids is 4. The Labute approximate surface area is 318 Å². The highest BCUT2D eigenvalue weighted by molar-refractivity contribution is 5.81. The van der Waals surface area contributed by atoms with Crippen LogP contribution in [0.5, 0.6) is 23.0 Å². The van der Waals surface area contributed by atoms with Gasteiger partial charge in [-0.15, -0.1) is 0 Å². The Morgan fingerprint density at radius 1 is 0.764 bits per heavy atom. The molecule has 4 aromatic rings. The van der Waals surface area contributed by atoms with E-state index in [1.807, 2.05) is 88.5 Å². The highest BCUT2D eigenvalue weighted by atomic mass is 16.5. The molecule has 55 heavy (non-hydrogen) atoms. The van der Waals surface area contributed by atoms with E-state index in [1.54, 1.807) is 24.3 Å². The molecule has 0 saturated heterocycles. The predicted molar refractivity (Wildman–Crippen MR) is 207 cm³/mol. The Morgan fingerprint density at radius 2 is 1.45 bits per heavy atom. The number of anilines is 3. The van der Waals surface area contributed by atoms with Crippen LogP contribution >= 0.6 is 0 Å². The summed E-state index contributed by atoms with van der Waals surface area (Å²) in [6, 6.07) is 22.0. The Kier molecular flexibility index (Phi) is 12.0. The summed E-state index contributed by atoms with van der Waals surface area (Å²) in [6.07, 6.45) is 0. The van der Waals surface area contributed by atoms with Crippen LogP contribution in [0.15, 0.2) is 72.8 Å². The molecule has 0 aromatic heterocycles. The number of carbonyl (C=O) groups is 4. The zero-order valence-corrected chi connectivity index (χ0v) is 31.2. The van der Waals surface area contributed by atoms with Gasteiger partial charge in [0.15, 0.2) is 6.54 Å². The normalized spacial score (nSPS) is 13.1. The first-order valence-corrected chi connectivity index (χ1v) is 17.4. The number of aliphatic carboxylic acids is 4. The van der Waals surface area contributed by atoms with Crippen LogP contribution in [-0.2, 0) is 19.2 Å². The van der Waals surface area contributed by atoms with Crippen LogP contribution in [0.25, 0.3) is 0 Å². The third-order valence-corrected chi connectivity index (χ3v) is 9.05. The van der Waals surface area contributed by atoms with Gasteiger partial charge in [0.2, 0.25) is 0 Å². The number of aryl methyl sites for hydroxylation is 1. The maximum Gasteiger partial charge on any atom is 0.359 e. The van der Waals surface area contributed by atoms with Crippen molar-refractivity contribution >= 4 is 46.6 Å². The minimum absolute atomic E-state index is 0.0136. The average Bonchev–Trinajstić information content (AvgIpc) is 3.10. The van der Waals surface area contributed by atoms with Crippen molar-refractivity contribution in [3.63, 3.8) is 0 Å². The number of benzene rings is 4. The fourth-order valence-electron chi connectivity index (χ4n) is 6.59. The van der Waals surface area contributed by atoms with Crippen molar-refractivity contribution in [1.82, 2.24) is 4.48 Å². The fraction of sp³-hybridized carbons (Fsp3) is 0.300. The average molecular weight is 758 g/mol. The van der Waals surface area contributed by atoms with E-state index in [-0.39, 0.29) is 42.5 Å². The Balaban J connectivity index is 1.51. The van der Waals surface area contributed by atoms with Crippen molar-refractivity contribution in [2.45, 2.75) is 12.8 Å². The SMILES string of the molecule is Cc1ccc(N(CC(=O)O)CC(=O)O)c(OCCOc2cc(C3c4ccc([N+](C)(C)CC(=O)O)cc4Oc4cccc(N(C)C)c43)ccc2NCC(=O)O)c1. The second-order valence-electron chi connectivity index (χ2n) is 13.9. The molecule has 1 atom stereocenters. The van der Waals surface area contributed by atoms with Gasteiger partial charge < -0.3 is 49.8 Å². The fourth-order valence-corrected chi connectivity index (χ4v) is 6.59. The van der Waals surface area contributed by atoms with Crippen molar-refractivity contribution in [1.29, 1.82) is 0 Å². The number of hydrogen-bond acceptors (Lipinski definition) is 10. The van der Waals surface area contributed by atoms with Crippen molar-refractivity contribution in [3.05, 3.63) is 95.1 Å². The number of likely N-dealkylation sites (N-methyl/N-ethyl adjacent to an activating group) is 1. The molecule has 0 saturated carbocycles. The van der Waals surface area contributed by atoms with E-state index in [0.717, 1.165) is 33.6 Å². The smallest absolute Gasteiger partial charge is 0.359 e. The maximum atomic E-state index is 11.7. The first-order chi connectivity index (χ1) is 26.0. The molecular formula is C40H45N4O11+. The van der Waals surface area contributed by atoms with Crippen LogP contribution in [0, 0.1) is 6.92 Å². The van der Waals surface area contributed by atoms with Crippen LogP contribution in [0.4, 0.5) is 22.7 Å². The highest BCUT2D eigenvalue weighted by Gasteiger charge is 2.34. The summed E-state index contributed by atoms with van der Waals surface area (Å²) in [7, 11) is 7.50. The third-order valence-electron chi connectivity index (χ3n) is 9.05. The summed E-state index contributed by atoms with van der Waals surface area (Å²) < 4.78 is 18.9. The van der Waals surface area contributed by atoms with Crippen LogP contribution in [0.3, 0.4) is 0 Å². The maximum absolute atomic E-state index is 11.7. The molecule has 1 unspecified atom stereocenters. The molecular weight excluding hydrogens is 712 g/mol. The van der Waals surface area contributed by atoms with Crippen molar-refractivity contribution in [2.24, 2.45) is 0 Å². The Morgan fingerprint density at radius 3 is 2.09 bits per heavy atom. The number of fused-ring (bicyclic) bond motifs is 2. The lowest BCUT2D eigenvalue weighted by atomic mass is 9.81. The molecule has 0 radical (unpaired) electrons. The van der Waals surface area contributed by atoms with Gasteiger partial charge in [-0.3, -0.25) is 18.9 Å². The molecule has 15 heteroatoms. The van der Waals surface area contributed by atoms with Crippen LogP contribution in [-0.4, -0.2) is 112 Å². The first kappa shape index (κ1) is 39.7. The van der Waals surface area contributed by atoms with Crippen molar-refractivity contribution in [3.8, 4) is 23.0 Å². The van der Waals surface area contributed by atoms with Crippen LogP contribution < -0.4 is 33.8 Å². The van der Waals surface area contributed by atoms with E-state index in [4.69, 9.17) is 14.2 Å². The number of nitrogens with one attached hydrogen (secondary N) is 1. The summed E-state index contributed by atoms with van der Waals surface area (Å²) in [6.45, 7) is 0.178. The summed E-state index contributed by atoms with van der Waals surface area (Å²) in [4.78, 5) is 49.5. The van der Waals surface area contributed by atoms with Gasteiger partial charge in [0, 0.05) is 42.9 Å². The Bertz CT molecular complexity index is 2080. The third kappa shape index (κ3) is 9.55. The van der Waals surface area contributed by atoms with Gasteiger partial charge in [-0.1, -0.05) is 18.2 Å². The lowest BCUT2D eigenvalue weighted by molar-refractivity contribution is -0.138. The quantitative estimate of drug-likeness (QED) is 0.0596. The monoisotopic (exact) mass is 757 g/mol. The number of carboxylic acid groups (broad SMARTS) is 4. The second kappa shape index (κ2) is 16.7. The van der Waals surface area contributed by atoms with Crippen LogP contribution in [0.1, 0.15) is 28.2 Å². The molecule has 1 aliphatic heterocycles. The molecule has 0 spiro atoms. The van der Waals surface area contributed by atoms with Gasteiger partial charge in [-0.05, 0) is 66.6 Å². The number of rotatable bonds is 18. The molecule has 290 valence electrons. The van der Waals surface area contributed by atoms with Gasteiger partial charge in [0.1, 0.15) is 61.5 Å². The molecule has 0 fully saturated rings. The molecule has 4 aromatic carbocycles. The van der Waals surface area contributed by atoms with E-state index in [1.165, 1.54) is 4.90 Å². The molecule has 1 heterocycles. The lowest BCUT2D eigenvalue weighted by Crippen LogP contribution is -2.44. The molecule has 15 nitrogen and oxygen atoms in total. The molecule has 0 bridgehead atoms. The number of hydrogen-bond donors (Lipinski definition) is 5. The first-order valence-electron chi connectivity index (χ1n) is 17.4. The summed E-state index contributed by atoms with van der Waals surface area (Å²) in [5.41, 5.74) is 5.72. The summed E-state index contributed by atoms with van der Waals surface area (Å²) in [5, 5.41) is 40.8. The zero-order valence-electron chi connectivity index (χ0n) is 31.2. The summed E-state index contributed by atoms with van der Waals surface area (Å²) >= 11 is 0. The largest absolute Gasteiger partial charge is 0.488 e. The number of ether oxygens (including phenoxy) is 3. The lowest BCUT2D eigenvalue weighted by Gasteiger charge is -2.34. The van der Waals surface area contributed by atoms with E-state index >= 15 is 0 Å². The van der Waals surface area contributed by atoms with Gasteiger partial charge in [0.25, 0.3) is 0 Å². The Hall–Kier alpha value is -6.48. The van der Waals surface area contributed by atoms with Gasteiger partial charge in [-0.2, -0.15) is 0 Å². The van der Waals surface area contributed by atoms with Crippen molar-refractivity contribution in [2.75, 3.05) is 82.7 Å². The van der Waals surface area contributed by atoms with Crippen molar-refractivity contribution < 1.29 is 53.8 Å². The number of nitrogens with zero attached hydrogens (tertiary/aromatic N) is 3. The van der Waals surface area contributed by atoms with E-state index < -0.39 is 37.0 Å². The zero-order chi connectivity index (χ0) is 40.0. The predicted octanol–water partition coefficient (Wildman–Crippen LogP) is 4.93. The van der Waals surface area contributed by atoms with Gasteiger partial charge in [0.05, 0.1) is 25.5 Å². The number of quaternary nitrogens is 1. The van der Waals surface area contributed by atoms with Gasteiger partial charge in [-0.25, -0.2) is 4.79 Å². The summed E-state index contributed by atoms with van der Waals surface area (Å²) in [5.74, 6) is -2.97. The van der Waals surface area contributed by atoms with Gasteiger partial charge >= 0.3 is 23.9 Å². The van der Waals surface area contributed by atoms with E-state index in [9.17, 15) is 39.6 Å². The molecule has 5 N–H and O–H groups in total. The molecule has 5 rings (SSSR count). The van der Waals surface area contributed by atoms with E-state index in [0.29, 0.717) is 28.6 Å². The topological polar surface area (TPSA) is 195 Å². The minimum atomic E-state index is -1.20. The standard InChI is InChI=1S/C40H44N4O11/c1-24-9-14-29(43(21-36(47)48)22-37(49)50)34(17-24)54-16-15-53-33-18-25(10-13-28(33)41-20-35(45)46)39-27-12-11-26(44(4,5)23-38(51)52)19-32(27)55-31-8-6-7-30(40(31)39)42(2)3/h6-14,17-19,39,41H,15-16,20-23H2,1-5H3,(H3-,45,46,47,48,49,50,51,52)/p+1. The molecule has 0 aliphatic carbocycles. The molecule has 0 amide bonds. The molecule has 1 aliphatic rings. The second-order valence-corrected chi connectivity index (χ2v) is 13.9. The highest BCUT2D eigenvalue weighted by Crippen LogP contribution is 2.52. The minimum Gasteiger partial charge on any atom is -0.488 e.